The van der Waals surface area contributed by atoms with Gasteiger partial charge in [-0.15, -0.1) is 0 Å². The van der Waals surface area contributed by atoms with Crippen molar-refractivity contribution in [3.8, 4) is 17.2 Å². The van der Waals surface area contributed by atoms with Gasteiger partial charge < -0.3 is 14.8 Å². The Kier molecular flexibility index (Phi) is 6.34. The van der Waals surface area contributed by atoms with Crippen molar-refractivity contribution < 1.29 is 14.3 Å². The third-order valence-electron chi connectivity index (χ3n) is 3.74. The second kappa shape index (κ2) is 9.10. The van der Waals surface area contributed by atoms with Crippen LogP contribution in [0.15, 0.2) is 72.8 Å². The van der Waals surface area contributed by atoms with Crippen LogP contribution in [0, 0.1) is 0 Å². The molecule has 0 saturated carbocycles. The summed E-state index contributed by atoms with van der Waals surface area (Å²) in [5, 5.41) is 3.34. The highest BCUT2D eigenvalue weighted by Crippen LogP contribution is 2.26. The van der Waals surface area contributed by atoms with E-state index in [-0.39, 0.29) is 5.91 Å². The van der Waals surface area contributed by atoms with Gasteiger partial charge in [0.25, 0.3) is 5.91 Å². The molecule has 0 atom stereocenters. The van der Waals surface area contributed by atoms with Gasteiger partial charge in [0.2, 0.25) is 0 Å². The molecule has 3 aromatic carbocycles. The predicted molar refractivity (Wildman–Crippen MR) is 108 cm³/mol. The number of benzene rings is 3. The number of carbonyl (C=O) groups excluding carboxylic acids is 1. The summed E-state index contributed by atoms with van der Waals surface area (Å²) in [6.45, 7) is 2.54. The van der Waals surface area contributed by atoms with E-state index >= 15 is 0 Å². The van der Waals surface area contributed by atoms with Gasteiger partial charge in [-0.1, -0.05) is 36.7 Å². The van der Waals surface area contributed by atoms with Crippen LogP contribution in [-0.2, 0) is 0 Å². The van der Waals surface area contributed by atoms with E-state index in [0.29, 0.717) is 34.4 Å². The Morgan fingerprint density at radius 2 is 1.67 bits per heavy atom. The highest BCUT2D eigenvalue weighted by atomic mass is 35.5. The number of carbonyl (C=O) groups is 1. The van der Waals surface area contributed by atoms with Crippen molar-refractivity contribution in [2.45, 2.75) is 13.3 Å². The van der Waals surface area contributed by atoms with E-state index in [1.807, 2.05) is 37.3 Å². The normalized spacial score (nSPS) is 10.3. The van der Waals surface area contributed by atoms with Crippen LogP contribution in [0.5, 0.6) is 17.2 Å². The summed E-state index contributed by atoms with van der Waals surface area (Å²) in [5.74, 6) is 1.68. The summed E-state index contributed by atoms with van der Waals surface area (Å²) in [6.07, 6.45) is 0.854. The lowest BCUT2D eigenvalue weighted by Crippen LogP contribution is -2.14. The molecule has 0 aliphatic carbocycles. The van der Waals surface area contributed by atoms with Crippen LogP contribution in [0.4, 0.5) is 5.69 Å². The molecule has 0 aliphatic heterocycles. The van der Waals surface area contributed by atoms with Crippen molar-refractivity contribution in [3.05, 3.63) is 83.4 Å². The van der Waals surface area contributed by atoms with Crippen LogP contribution >= 0.6 is 11.6 Å². The molecule has 138 valence electrons. The van der Waals surface area contributed by atoms with Crippen molar-refractivity contribution in [2.24, 2.45) is 0 Å². The largest absolute Gasteiger partial charge is 0.493 e. The fourth-order valence-electron chi connectivity index (χ4n) is 2.45. The lowest BCUT2D eigenvalue weighted by Gasteiger charge is -2.12. The zero-order valence-corrected chi connectivity index (χ0v) is 15.7. The van der Waals surface area contributed by atoms with Gasteiger partial charge in [-0.25, -0.2) is 0 Å². The van der Waals surface area contributed by atoms with Gasteiger partial charge in [0.15, 0.2) is 0 Å². The van der Waals surface area contributed by atoms with Gasteiger partial charge in [0.1, 0.15) is 17.2 Å². The number of nitrogens with one attached hydrogen (secondary N) is 1. The molecule has 1 N–H and O–H groups in total. The van der Waals surface area contributed by atoms with Crippen LogP contribution in [0.25, 0.3) is 0 Å². The van der Waals surface area contributed by atoms with Crippen LogP contribution in [0.1, 0.15) is 23.7 Å². The Labute approximate surface area is 163 Å². The molecule has 0 spiro atoms. The summed E-state index contributed by atoms with van der Waals surface area (Å²) in [5.41, 5.74) is 1.06. The van der Waals surface area contributed by atoms with Crippen molar-refractivity contribution in [2.75, 3.05) is 11.9 Å². The number of para-hydroxylation sites is 1. The second-order valence-electron chi connectivity index (χ2n) is 5.88. The Hall–Kier alpha value is -2.98. The van der Waals surface area contributed by atoms with Crippen molar-refractivity contribution >= 4 is 23.2 Å². The molecule has 0 bridgehead atoms. The minimum atomic E-state index is -0.277. The minimum absolute atomic E-state index is 0.277. The fraction of sp³-hybridized carbons (Fsp3) is 0.136. The molecule has 3 rings (SSSR count). The summed E-state index contributed by atoms with van der Waals surface area (Å²) in [6, 6.07) is 21.7. The van der Waals surface area contributed by atoms with E-state index in [1.165, 1.54) is 0 Å². The second-order valence-corrected chi connectivity index (χ2v) is 6.32. The number of amides is 1. The molecule has 4 nitrogen and oxygen atoms in total. The first-order valence-electron chi connectivity index (χ1n) is 8.72. The van der Waals surface area contributed by atoms with Crippen molar-refractivity contribution in [3.63, 3.8) is 0 Å². The summed E-state index contributed by atoms with van der Waals surface area (Å²) < 4.78 is 11.4. The number of hydrogen-bond donors (Lipinski definition) is 1. The van der Waals surface area contributed by atoms with Gasteiger partial charge in [-0.2, -0.15) is 0 Å². The number of ether oxygens (including phenoxy) is 2. The Morgan fingerprint density at radius 1 is 0.963 bits per heavy atom. The average molecular weight is 382 g/mol. The average Bonchev–Trinajstić information content (AvgIpc) is 2.69. The Bertz CT molecular complexity index is 895. The molecule has 0 unspecified atom stereocenters. The lowest BCUT2D eigenvalue weighted by molar-refractivity contribution is 0.102. The van der Waals surface area contributed by atoms with E-state index in [0.717, 1.165) is 12.2 Å². The molecule has 0 fully saturated rings. The van der Waals surface area contributed by atoms with Crippen LogP contribution < -0.4 is 14.8 Å². The smallest absolute Gasteiger partial charge is 0.259 e. The molecule has 0 heterocycles. The molecule has 0 radical (unpaired) electrons. The minimum Gasteiger partial charge on any atom is -0.493 e. The van der Waals surface area contributed by atoms with E-state index in [2.05, 4.69) is 5.32 Å². The van der Waals surface area contributed by atoms with Crippen LogP contribution in [-0.4, -0.2) is 12.5 Å². The zero-order valence-electron chi connectivity index (χ0n) is 14.9. The van der Waals surface area contributed by atoms with E-state index < -0.39 is 0 Å². The fourth-order valence-corrected chi connectivity index (χ4v) is 2.62. The lowest BCUT2D eigenvalue weighted by atomic mass is 10.1. The van der Waals surface area contributed by atoms with Gasteiger partial charge >= 0.3 is 0 Å². The number of halogens is 1. The quantitative estimate of drug-likeness (QED) is 0.532. The summed E-state index contributed by atoms with van der Waals surface area (Å²) in [4.78, 5) is 12.6. The molecule has 0 aliphatic rings. The van der Waals surface area contributed by atoms with Crippen molar-refractivity contribution in [1.29, 1.82) is 0 Å². The molecule has 1 amide bonds. The molecule has 3 aromatic rings. The third-order valence-corrected chi connectivity index (χ3v) is 3.97. The Balaban J connectivity index is 1.70. The first-order chi connectivity index (χ1) is 13.2. The van der Waals surface area contributed by atoms with Gasteiger partial charge in [-0.3, -0.25) is 4.79 Å². The van der Waals surface area contributed by atoms with E-state index in [9.17, 15) is 4.79 Å². The number of hydrogen-bond acceptors (Lipinski definition) is 3. The monoisotopic (exact) mass is 381 g/mol. The number of anilines is 1. The first kappa shape index (κ1) is 18.8. The van der Waals surface area contributed by atoms with Gasteiger partial charge in [-0.05, 0) is 61.0 Å². The molecule has 0 aromatic heterocycles. The first-order valence-corrected chi connectivity index (χ1v) is 9.10. The van der Waals surface area contributed by atoms with Crippen LogP contribution in [0.2, 0.25) is 5.02 Å². The zero-order chi connectivity index (χ0) is 19.1. The molecular formula is C22H20ClNO3. The molecule has 5 heteroatoms. The maximum absolute atomic E-state index is 12.6. The SMILES string of the molecule is CCCOc1ccc(Cl)cc1C(=O)Nc1ccc(Oc2ccccc2)cc1. The highest BCUT2D eigenvalue weighted by Gasteiger charge is 2.14. The van der Waals surface area contributed by atoms with Crippen molar-refractivity contribution in [1.82, 2.24) is 0 Å². The van der Waals surface area contributed by atoms with E-state index in [1.54, 1.807) is 42.5 Å². The number of rotatable bonds is 7. The Morgan fingerprint density at radius 3 is 2.37 bits per heavy atom. The molecule has 27 heavy (non-hydrogen) atoms. The molecular weight excluding hydrogens is 362 g/mol. The predicted octanol–water partition coefficient (Wildman–Crippen LogP) is 6.17. The summed E-state index contributed by atoms with van der Waals surface area (Å²) in [7, 11) is 0. The highest BCUT2D eigenvalue weighted by molar-refractivity contribution is 6.31. The standard InChI is InChI=1S/C22H20ClNO3/c1-2-14-26-21-13-8-16(23)15-20(21)22(25)24-17-9-11-19(12-10-17)27-18-6-4-3-5-7-18/h3-13,15H,2,14H2,1H3,(H,24,25). The third kappa shape index (κ3) is 5.25. The topological polar surface area (TPSA) is 47.6 Å². The molecule has 0 saturated heterocycles. The van der Waals surface area contributed by atoms with E-state index in [4.69, 9.17) is 21.1 Å². The van der Waals surface area contributed by atoms with Gasteiger partial charge in [0, 0.05) is 10.7 Å². The maximum Gasteiger partial charge on any atom is 0.259 e. The van der Waals surface area contributed by atoms with Crippen LogP contribution in [0.3, 0.4) is 0 Å². The maximum atomic E-state index is 12.6. The summed E-state index contributed by atoms with van der Waals surface area (Å²) >= 11 is 6.04. The van der Waals surface area contributed by atoms with Gasteiger partial charge in [0.05, 0.1) is 12.2 Å².